The summed E-state index contributed by atoms with van der Waals surface area (Å²) in [6.45, 7) is 6.84. The van der Waals surface area contributed by atoms with Gasteiger partial charge in [0.05, 0.1) is 29.5 Å². The fraction of sp³-hybridized carbons (Fsp3) is 0.250. The number of nitrogens with zero attached hydrogens (tertiary/aromatic N) is 4. The van der Waals surface area contributed by atoms with Crippen LogP contribution < -0.4 is 10.1 Å². The van der Waals surface area contributed by atoms with Crippen molar-refractivity contribution in [2.75, 3.05) is 12.4 Å². The van der Waals surface area contributed by atoms with Gasteiger partial charge in [-0.05, 0) is 57.2 Å². The van der Waals surface area contributed by atoms with Crippen molar-refractivity contribution in [2.24, 2.45) is 0 Å². The van der Waals surface area contributed by atoms with E-state index in [0.717, 1.165) is 39.9 Å². The number of hydrogen-bond donors (Lipinski definition) is 1. The number of carbonyl (C=O) groups excluding carboxylic acids is 1. The summed E-state index contributed by atoms with van der Waals surface area (Å²) in [6.07, 6.45) is 0. The van der Waals surface area contributed by atoms with Crippen molar-refractivity contribution in [3.05, 3.63) is 71.3 Å². The summed E-state index contributed by atoms with van der Waals surface area (Å²) in [5, 5.41) is 3.70. The highest BCUT2D eigenvalue weighted by Crippen LogP contribution is 2.26. The molecule has 0 atom stereocenters. The van der Waals surface area contributed by atoms with Gasteiger partial charge in [-0.2, -0.15) is 0 Å². The summed E-state index contributed by atoms with van der Waals surface area (Å²) < 4.78 is 7.47. The molecule has 1 N–H and O–H groups in total. The number of aromatic nitrogens is 4. The monoisotopic (exact) mass is 447 g/mol. The average Bonchev–Trinajstić information content (AvgIpc) is 3.13. The molecule has 0 fully saturated rings. The Morgan fingerprint density at radius 1 is 1.06 bits per heavy atom. The van der Waals surface area contributed by atoms with Crippen LogP contribution in [0.2, 0.25) is 0 Å². The van der Waals surface area contributed by atoms with Crippen molar-refractivity contribution >= 4 is 34.4 Å². The molecular formula is C24H25N5O2S. The normalized spacial score (nSPS) is 11.0. The van der Waals surface area contributed by atoms with Gasteiger partial charge in [0.2, 0.25) is 0 Å². The molecule has 0 aliphatic carbocycles. The zero-order chi connectivity index (χ0) is 22.7. The maximum Gasteiger partial charge on any atom is 0.259 e. The number of ether oxygens (including phenoxy) is 1. The summed E-state index contributed by atoms with van der Waals surface area (Å²) in [5.74, 6) is 1.92. The first kappa shape index (κ1) is 21.8. The van der Waals surface area contributed by atoms with Crippen LogP contribution >= 0.6 is 11.8 Å². The third-order valence-corrected chi connectivity index (χ3v) is 5.89. The molecule has 0 spiro atoms. The van der Waals surface area contributed by atoms with Crippen LogP contribution in [0.15, 0.2) is 53.7 Å². The molecular weight excluding hydrogens is 422 g/mol. The Labute approximate surface area is 191 Å². The van der Waals surface area contributed by atoms with Gasteiger partial charge in [0.25, 0.3) is 5.91 Å². The predicted molar refractivity (Wildman–Crippen MR) is 127 cm³/mol. The van der Waals surface area contributed by atoms with E-state index in [1.54, 1.807) is 31.0 Å². The first-order chi connectivity index (χ1) is 15.5. The number of rotatable bonds is 7. The van der Waals surface area contributed by atoms with Crippen LogP contribution in [0.25, 0.3) is 11.0 Å². The number of hydrogen-bond acceptors (Lipinski definition) is 6. The van der Waals surface area contributed by atoms with Crippen molar-refractivity contribution in [3.63, 3.8) is 0 Å². The summed E-state index contributed by atoms with van der Waals surface area (Å²) in [7, 11) is 1.55. The number of thioether (sulfide) groups is 1. The molecule has 0 saturated carbocycles. The topological polar surface area (TPSA) is 81.9 Å². The van der Waals surface area contributed by atoms with E-state index in [9.17, 15) is 4.79 Å². The SMILES string of the molecule is CCn1c(CSc2nc(C)cc(C)n2)nc2cc(NC(=O)c3ccccc3OC)ccc21. The molecule has 1 amide bonds. The molecule has 2 heterocycles. The van der Waals surface area contributed by atoms with Crippen LogP contribution in [-0.4, -0.2) is 32.5 Å². The fourth-order valence-electron chi connectivity index (χ4n) is 3.64. The van der Waals surface area contributed by atoms with Crippen LogP contribution in [0, 0.1) is 13.8 Å². The van der Waals surface area contributed by atoms with Gasteiger partial charge in [-0.15, -0.1) is 0 Å². The minimum Gasteiger partial charge on any atom is -0.496 e. The number of nitrogens with one attached hydrogen (secondary N) is 1. The molecule has 8 heteroatoms. The lowest BCUT2D eigenvalue weighted by Crippen LogP contribution is -2.13. The quantitative estimate of drug-likeness (QED) is 0.317. The van der Waals surface area contributed by atoms with Crippen molar-refractivity contribution in [3.8, 4) is 5.75 Å². The molecule has 2 aromatic carbocycles. The summed E-state index contributed by atoms with van der Waals surface area (Å²) in [6, 6.07) is 14.9. The first-order valence-corrected chi connectivity index (χ1v) is 11.4. The molecule has 4 aromatic rings. The molecule has 0 aliphatic rings. The van der Waals surface area contributed by atoms with Gasteiger partial charge in [0, 0.05) is 23.6 Å². The number of amides is 1. The van der Waals surface area contributed by atoms with Gasteiger partial charge in [0.1, 0.15) is 11.6 Å². The molecule has 4 rings (SSSR count). The minimum atomic E-state index is -0.223. The number of aryl methyl sites for hydroxylation is 3. The largest absolute Gasteiger partial charge is 0.496 e. The van der Waals surface area contributed by atoms with Crippen molar-refractivity contribution in [2.45, 2.75) is 38.2 Å². The van der Waals surface area contributed by atoms with E-state index in [1.165, 1.54) is 0 Å². The molecule has 0 aliphatic heterocycles. The van der Waals surface area contributed by atoms with Crippen LogP contribution in [0.5, 0.6) is 5.75 Å². The average molecular weight is 448 g/mol. The third kappa shape index (κ3) is 4.60. The summed E-state index contributed by atoms with van der Waals surface area (Å²) in [5.41, 5.74) is 4.95. The summed E-state index contributed by atoms with van der Waals surface area (Å²) in [4.78, 5) is 26.6. The highest BCUT2D eigenvalue weighted by molar-refractivity contribution is 7.98. The molecule has 0 saturated heterocycles. The Balaban J connectivity index is 1.57. The van der Waals surface area contributed by atoms with E-state index in [1.807, 2.05) is 50.2 Å². The molecule has 0 bridgehead atoms. The zero-order valence-electron chi connectivity index (χ0n) is 18.5. The van der Waals surface area contributed by atoms with Gasteiger partial charge in [-0.25, -0.2) is 15.0 Å². The number of benzene rings is 2. The standard InChI is InChI=1S/C24H25N5O2S/c1-5-29-20-11-10-17(27-23(30)18-8-6-7-9-21(18)31-4)13-19(20)28-22(29)14-32-24-25-15(2)12-16(3)26-24/h6-13H,5,14H2,1-4H3,(H,27,30). The highest BCUT2D eigenvalue weighted by Gasteiger charge is 2.15. The zero-order valence-corrected chi connectivity index (χ0v) is 19.4. The molecule has 0 unspecified atom stereocenters. The van der Waals surface area contributed by atoms with Crippen molar-refractivity contribution < 1.29 is 9.53 Å². The number of fused-ring (bicyclic) bond motifs is 1. The van der Waals surface area contributed by atoms with Gasteiger partial charge < -0.3 is 14.6 Å². The smallest absolute Gasteiger partial charge is 0.259 e. The first-order valence-electron chi connectivity index (χ1n) is 10.4. The van der Waals surface area contributed by atoms with E-state index < -0.39 is 0 Å². The molecule has 0 radical (unpaired) electrons. The number of imidazole rings is 1. The minimum absolute atomic E-state index is 0.223. The Morgan fingerprint density at radius 2 is 1.81 bits per heavy atom. The number of anilines is 1. The second-order valence-electron chi connectivity index (χ2n) is 7.35. The number of para-hydroxylation sites is 1. The number of methoxy groups -OCH3 is 1. The predicted octanol–water partition coefficient (Wildman–Crippen LogP) is 5.02. The van der Waals surface area contributed by atoms with Gasteiger partial charge in [0.15, 0.2) is 5.16 Å². The lowest BCUT2D eigenvalue weighted by molar-refractivity contribution is 0.102. The lowest BCUT2D eigenvalue weighted by Gasteiger charge is -2.09. The van der Waals surface area contributed by atoms with Gasteiger partial charge in [-0.1, -0.05) is 23.9 Å². The third-order valence-electron chi connectivity index (χ3n) is 5.05. The maximum atomic E-state index is 12.7. The van der Waals surface area contributed by atoms with Gasteiger partial charge in [-0.3, -0.25) is 4.79 Å². The van der Waals surface area contributed by atoms with Crippen LogP contribution in [0.3, 0.4) is 0 Å². The Bertz CT molecular complexity index is 1260. The Morgan fingerprint density at radius 3 is 2.53 bits per heavy atom. The van der Waals surface area contributed by atoms with Crippen molar-refractivity contribution in [1.82, 2.24) is 19.5 Å². The van der Waals surface area contributed by atoms with Crippen LogP contribution in [-0.2, 0) is 12.3 Å². The molecule has 164 valence electrons. The second-order valence-corrected chi connectivity index (χ2v) is 8.29. The van der Waals surface area contributed by atoms with E-state index in [4.69, 9.17) is 9.72 Å². The van der Waals surface area contributed by atoms with E-state index in [-0.39, 0.29) is 5.91 Å². The van der Waals surface area contributed by atoms with Crippen LogP contribution in [0.4, 0.5) is 5.69 Å². The Kier molecular flexibility index (Phi) is 6.41. The molecule has 2 aromatic heterocycles. The maximum absolute atomic E-state index is 12.7. The highest BCUT2D eigenvalue weighted by atomic mass is 32.2. The van der Waals surface area contributed by atoms with Crippen LogP contribution in [0.1, 0.15) is 34.5 Å². The Hall–Kier alpha value is -3.39. The summed E-state index contributed by atoms with van der Waals surface area (Å²) >= 11 is 1.57. The van der Waals surface area contributed by atoms with E-state index in [0.29, 0.717) is 22.8 Å². The van der Waals surface area contributed by atoms with E-state index >= 15 is 0 Å². The second kappa shape index (κ2) is 9.40. The number of carbonyl (C=O) groups is 1. The fourth-order valence-corrected chi connectivity index (χ4v) is 4.53. The molecule has 32 heavy (non-hydrogen) atoms. The van der Waals surface area contributed by atoms with Crippen molar-refractivity contribution in [1.29, 1.82) is 0 Å². The van der Waals surface area contributed by atoms with Gasteiger partial charge >= 0.3 is 0 Å². The lowest BCUT2D eigenvalue weighted by atomic mass is 10.2. The van der Waals surface area contributed by atoms with E-state index in [2.05, 4.69) is 26.8 Å². The molecule has 7 nitrogen and oxygen atoms in total.